The molecule has 5 rings (SSSR count). The van der Waals surface area contributed by atoms with Gasteiger partial charge in [-0.3, -0.25) is 4.79 Å². The Balaban J connectivity index is 1.19. The highest BCUT2D eigenvalue weighted by Crippen LogP contribution is 2.33. The Labute approximate surface area is 154 Å². The molecule has 8 heteroatoms. The fraction of sp³-hybridized carbons (Fsp3) is 0.211. The Hall–Kier alpha value is -3.55. The Morgan fingerprint density at radius 1 is 1.19 bits per heavy atom. The number of carbonyl (C=O) groups is 1. The molecular formula is C19H15N3O5. The summed E-state index contributed by atoms with van der Waals surface area (Å²) in [6.07, 6.45) is 4.87. The maximum Gasteiger partial charge on any atom is 0.246 e. The number of rotatable bonds is 4. The second-order valence-corrected chi connectivity index (χ2v) is 6.32. The van der Waals surface area contributed by atoms with Gasteiger partial charge >= 0.3 is 0 Å². The molecule has 0 radical (unpaired) electrons. The third-order valence-electron chi connectivity index (χ3n) is 4.54. The van der Waals surface area contributed by atoms with Crippen molar-refractivity contribution in [2.45, 2.75) is 5.92 Å². The first kappa shape index (κ1) is 15.7. The second-order valence-electron chi connectivity index (χ2n) is 6.32. The van der Waals surface area contributed by atoms with E-state index in [2.05, 4.69) is 10.1 Å². The second kappa shape index (κ2) is 6.31. The first-order valence-corrected chi connectivity index (χ1v) is 8.50. The van der Waals surface area contributed by atoms with E-state index in [0.717, 1.165) is 11.3 Å². The molecule has 0 unspecified atom stereocenters. The first-order chi connectivity index (χ1) is 13.3. The minimum absolute atomic E-state index is 0.0455. The summed E-state index contributed by atoms with van der Waals surface area (Å²) in [6, 6.07) is 9.09. The summed E-state index contributed by atoms with van der Waals surface area (Å²) in [6.45, 7) is 1.32. The molecule has 2 aliphatic rings. The Bertz CT molecular complexity index is 1000. The summed E-state index contributed by atoms with van der Waals surface area (Å²) >= 11 is 0. The van der Waals surface area contributed by atoms with E-state index in [1.165, 1.54) is 0 Å². The van der Waals surface area contributed by atoms with Gasteiger partial charge in [0, 0.05) is 19.2 Å². The number of aromatic nitrogens is 2. The van der Waals surface area contributed by atoms with Crippen LogP contribution in [0.15, 0.2) is 51.6 Å². The van der Waals surface area contributed by atoms with E-state index in [1.54, 1.807) is 35.4 Å². The van der Waals surface area contributed by atoms with Crippen LogP contribution in [0.4, 0.5) is 0 Å². The Morgan fingerprint density at radius 3 is 2.93 bits per heavy atom. The zero-order valence-electron chi connectivity index (χ0n) is 14.2. The lowest BCUT2D eigenvalue weighted by molar-refractivity contribution is -0.130. The number of furan rings is 1. The molecule has 2 aromatic heterocycles. The summed E-state index contributed by atoms with van der Waals surface area (Å²) in [5, 5.41) is 3.92. The molecule has 1 saturated heterocycles. The fourth-order valence-electron chi connectivity index (χ4n) is 3.01. The van der Waals surface area contributed by atoms with Crippen LogP contribution in [0.1, 0.15) is 17.4 Å². The number of fused-ring (bicyclic) bond motifs is 1. The monoisotopic (exact) mass is 365 g/mol. The maximum absolute atomic E-state index is 12.3. The molecule has 2 aliphatic heterocycles. The third-order valence-corrected chi connectivity index (χ3v) is 4.54. The highest BCUT2D eigenvalue weighted by atomic mass is 16.7. The standard InChI is InChI=1S/C19H15N3O5/c23-17(6-4-12-3-5-14-16(8-12)26-11-25-14)22-9-13(10-22)19-20-18(21-27-19)15-2-1-7-24-15/h1-8,13H,9-11H2/b6-4+. The van der Waals surface area contributed by atoms with Crippen LogP contribution >= 0.6 is 0 Å². The van der Waals surface area contributed by atoms with E-state index >= 15 is 0 Å². The number of likely N-dealkylation sites (tertiary alicyclic amines) is 1. The molecule has 1 fully saturated rings. The van der Waals surface area contributed by atoms with Crippen molar-refractivity contribution in [2.24, 2.45) is 0 Å². The number of hydrogen-bond donors (Lipinski definition) is 0. The molecule has 0 N–H and O–H groups in total. The van der Waals surface area contributed by atoms with Crippen LogP contribution in [-0.4, -0.2) is 40.8 Å². The van der Waals surface area contributed by atoms with Crippen molar-refractivity contribution in [3.63, 3.8) is 0 Å². The van der Waals surface area contributed by atoms with E-state index in [0.29, 0.717) is 36.3 Å². The molecular weight excluding hydrogens is 350 g/mol. The van der Waals surface area contributed by atoms with Crippen LogP contribution in [0.3, 0.4) is 0 Å². The highest BCUT2D eigenvalue weighted by Gasteiger charge is 2.35. The topological polar surface area (TPSA) is 90.8 Å². The number of carbonyl (C=O) groups excluding carboxylic acids is 1. The smallest absolute Gasteiger partial charge is 0.246 e. The molecule has 0 spiro atoms. The van der Waals surface area contributed by atoms with Crippen molar-refractivity contribution in [1.29, 1.82) is 0 Å². The van der Waals surface area contributed by atoms with E-state index in [4.69, 9.17) is 18.4 Å². The van der Waals surface area contributed by atoms with Gasteiger partial charge in [0.1, 0.15) is 0 Å². The van der Waals surface area contributed by atoms with E-state index in [1.807, 2.05) is 18.2 Å². The van der Waals surface area contributed by atoms with Crippen molar-refractivity contribution in [2.75, 3.05) is 19.9 Å². The molecule has 0 bridgehead atoms. The van der Waals surface area contributed by atoms with Gasteiger partial charge in [-0.1, -0.05) is 11.2 Å². The SMILES string of the molecule is O=C(/C=C/c1ccc2c(c1)OCO2)N1CC(c2nc(-c3ccco3)no2)C1. The van der Waals surface area contributed by atoms with E-state index in [9.17, 15) is 4.79 Å². The molecule has 27 heavy (non-hydrogen) atoms. The largest absolute Gasteiger partial charge is 0.461 e. The van der Waals surface area contributed by atoms with Crippen LogP contribution in [0, 0.1) is 0 Å². The van der Waals surface area contributed by atoms with Crippen LogP contribution in [0.2, 0.25) is 0 Å². The van der Waals surface area contributed by atoms with Crippen LogP contribution in [0.25, 0.3) is 17.7 Å². The minimum atomic E-state index is -0.0605. The van der Waals surface area contributed by atoms with Crippen molar-refractivity contribution in [1.82, 2.24) is 15.0 Å². The molecule has 3 aromatic rings. The van der Waals surface area contributed by atoms with Crippen molar-refractivity contribution in [3.05, 3.63) is 54.1 Å². The van der Waals surface area contributed by atoms with Crippen LogP contribution in [0.5, 0.6) is 11.5 Å². The third kappa shape index (κ3) is 2.95. The lowest BCUT2D eigenvalue weighted by Gasteiger charge is -2.36. The zero-order chi connectivity index (χ0) is 18.2. The lowest BCUT2D eigenvalue weighted by Crippen LogP contribution is -2.47. The molecule has 1 aromatic carbocycles. The summed E-state index contributed by atoms with van der Waals surface area (Å²) in [7, 11) is 0. The van der Waals surface area contributed by atoms with E-state index in [-0.39, 0.29) is 18.6 Å². The van der Waals surface area contributed by atoms with Crippen LogP contribution in [-0.2, 0) is 4.79 Å². The highest BCUT2D eigenvalue weighted by molar-refractivity contribution is 5.92. The van der Waals surface area contributed by atoms with Gasteiger partial charge in [-0.15, -0.1) is 0 Å². The summed E-state index contributed by atoms with van der Waals surface area (Å²) in [5.41, 5.74) is 0.879. The number of ether oxygens (including phenoxy) is 2. The van der Waals surface area contributed by atoms with Crippen molar-refractivity contribution in [3.8, 4) is 23.1 Å². The Morgan fingerprint density at radius 2 is 2.07 bits per heavy atom. The summed E-state index contributed by atoms with van der Waals surface area (Å²) < 4.78 is 21.2. The van der Waals surface area contributed by atoms with Gasteiger partial charge in [-0.25, -0.2) is 0 Å². The van der Waals surface area contributed by atoms with Gasteiger partial charge in [0.05, 0.1) is 12.2 Å². The predicted molar refractivity (Wildman–Crippen MR) is 92.9 cm³/mol. The normalized spacial score (nSPS) is 16.1. The van der Waals surface area contributed by atoms with Crippen LogP contribution < -0.4 is 9.47 Å². The number of benzene rings is 1. The summed E-state index contributed by atoms with van der Waals surface area (Å²) in [4.78, 5) is 18.4. The average molecular weight is 365 g/mol. The maximum atomic E-state index is 12.3. The average Bonchev–Trinajstić information content (AvgIpc) is 3.38. The molecule has 1 amide bonds. The van der Waals surface area contributed by atoms with Gasteiger partial charge in [0.15, 0.2) is 17.3 Å². The van der Waals surface area contributed by atoms with Crippen molar-refractivity contribution < 1.29 is 23.2 Å². The molecule has 136 valence electrons. The number of hydrogen-bond acceptors (Lipinski definition) is 7. The van der Waals surface area contributed by atoms with E-state index < -0.39 is 0 Å². The van der Waals surface area contributed by atoms with Gasteiger partial charge in [-0.05, 0) is 35.9 Å². The van der Waals surface area contributed by atoms with Gasteiger partial charge in [0.25, 0.3) is 0 Å². The Kier molecular flexibility index (Phi) is 3.67. The van der Waals surface area contributed by atoms with Gasteiger partial charge in [0.2, 0.25) is 24.4 Å². The minimum Gasteiger partial charge on any atom is -0.461 e. The lowest BCUT2D eigenvalue weighted by atomic mass is 10.00. The van der Waals surface area contributed by atoms with Gasteiger partial charge < -0.3 is 23.3 Å². The first-order valence-electron chi connectivity index (χ1n) is 8.50. The number of nitrogens with zero attached hydrogens (tertiary/aromatic N) is 3. The number of amides is 1. The molecule has 0 aliphatic carbocycles. The predicted octanol–water partition coefficient (Wildman–Crippen LogP) is 2.70. The fourth-order valence-corrected chi connectivity index (χ4v) is 3.01. The molecule has 0 saturated carbocycles. The summed E-state index contributed by atoms with van der Waals surface area (Å²) in [5.74, 6) is 2.89. The molecule has 8 nitrogen and oxygen atoms in total. The molecule has 4 heterocycles. The van der Waals surface area contributed by atoms with Crippen molar-refractivity contribution >= 4 is 12.0 Å². The zero-order valence-corrected chi connectivity index (χ0v) is 14.2. The quantitative estimate of drug-likeness (QED) is 0.657. The molecule has 0 atom stereocenters. The van der Waals surface area contributed by atoms with Gasteiger partial charge in [-0.2, -0.15) is 4.98 Å².